The Hall–Kier alpha value is -2.14. The normalized spacial score (nSPS) is 14.9. The number of rotatable bonds is 10. The number of piperidine rings is 1. The molecule has 1 aromatic heterocycles. The molecule has 1 fully saturated rings. The SMILES string of the molecule is CCCCOc1ccc(NC(=O)CSc2nc3ccc(S(=O)(=O)N4CCCCC4)cc3s2)cc1. The van der Waals surface area contributed by atoms with Crippen molar-refractivity contribution in [2.75, 3.05) is 30.8 Å². The molecule has 2 aromatic carbocycles. The Kier molecular flexibility index (Phi) is 8.46. The van der Waals surface area contributed by atoms with Crippen LogP contribution in [0.2, 0.25) is 0 Å². The first-order chi connectivity index (χ1) is 16.5. The van der Waals surface area contributed by atoms with Crippen LogP contribution in [0.3, 0.4) is 0 Å². The van der Waals surface area contributed by atoms with Crippen molar-refractivity contribution in [3.05, 3.63) is 42.5 Å². The van der Waals surface area contributed by atoms with E-state index in [1.165, 1.54) is 23.1 Å². The molecule has 1 aliphatic rings. The van der Waals surface area contributed by atoms with Crippen molar-refractivity contribution in [2.45, 2.75) is 48.3 Å². The number of nitrogens with one attached hydrogen (secondary N) is 1. The second kappa shape index (κ2) is 11.5. The number of carbonyl (C=O) groups excluding carboxylic acids is 1. The molecule has 3 aromatic rings. The molecule has 1 saturated heterocycles. The number of benzene rings is 2. The summed E-state index contributed by atoms with van der Waals surface area (Å²) in [6.45, 7) is 3.96. The third kappa shape index (κ3) is 6.29. The Labute approximate surface area is 209 Å². The van der Waals surface area contributed by atoms with Crippen molar-refractivity contribution in [1.82, 2.24) is 9.29 Å². The first-order valence-electron chi connectivity index (χ1n) is 11.5. The van der Waals surface area contributed by atoms with Gasteiger partial charge in [-0.2, -0.15) is 4.31 Å². The summed E-state index contributed by atoms with van der Waals surface area (Å²) in [5, 5.41) is 2.88. The minimum Gasteiger partial charge on any atom is -0.494 e. The van der Waals surface area contributed by atoms with Crippen molar-refractivity contribution >= 4 is 54.9 Å². The fourth-order valence-corrected chi connectivity index (χ4v) is 7.18. The molecule has 0 bridgehead atoms. The molecule has 10 heteroatoms. The van der Waals surface area contributed by atoms with E-state index in [1.54, 1.807) is 22.5 Å². The number of ether oxygens (including phenoxy) is 1. The van der Waals surface area contributed by atoms with Crippen LogP contribution in [0.4, 0.5) is 5.69 Å². The zero-order valence-electron chi connectivity index (χ0n) is 19.2. The maximum absolute atomic E-state index is 13.0. The molecule has 34 heavy (non-hydrogen) atoms. The Bertz CT molecular complexity index is 1220. The number of thiazole rings is 1. The molecular formula is C24H29N3O4S3. The van der Waals surface area contributed by atoms with Gasteiger partial charge in [-0.25, -0.2) is 13.4 Å². The summed E-state index contributed by atoms with van der Waals surface area (Å²) in [4.78, 5) is 17.2. The van der Waals surface area contributed by atoms with Crippen LogP contribution in [0, 0.1) is 0 Å². The lowest BCUT2D eigenvalue weighted by atomic mass is 10.2. The van der Waals surface area contributed by atoms with E-state index in [0.29, 0.717) is 30.3 Å². The van der Waals surface area contributed by atoms with Crippen LogP contribution in [0.15, 0.2) is 51.7 Å². The number of amides is 1. The van der Waals surface area contributed by atoms with Gasteiger partial charge in [0.1, 0.15) is 5.75 Å². The van der Waals surface area contributed by atoms with Crippen molar-refractivity contribution in [3.63, 3.8) is 0 Å². The predicted molar refractivity (Wildman–Crippen MR) is 138 cm³/mol. The summed E-state index contributed by atoms with van der Waals surface area (Å²) in [5.74, 6) is 0.877. The van der Waals surface area contributed by atoms with Crippen molar-refractivity contribution < 1.29 is 17.9 Å². The summed E-state index contributed by atoms with van der Waals surface area (Å²) in [6, 6.07) is 12.4. The lowest BCUT2D eigenvalue weighted by Gasteiger charge is -2.25. The molecule has 7 nitrogen and oxygen atoms in total. The second-order valence-electron chi connectivity index (χ2n) is 8.14. The quantitative estimate of drug-likeness (QED) is 0.286. The first kappa shape index (κ1) is 25.0. The monoisotopic (exact) mass is 519 g/mol. The van der Waals surface area contributed by atoms with Crippen LogP contribution < -0.4 is 10.1 Å². The highest BCUT2D eigenvalue weighted by atomic mass is 32.2. The largest absolute Gasteiger partial charge is 0.494 e. The summed E-state index contributed by atoms with van der Waals surface area (Å²) < 4.78 is 34.7. The van der Waals surface area contributed by atoms with E-state index in [9.17, 15) is 13.2 Å². The molecule has 1 N–H and O–H groups in total. The van der Waals surface area contributed by atoms with Crippen LogP contribution in [0.25, 0.3) is 10.2 Å². The van der Waals surface area contributed by atoms with Gasteiger partial charge in [0.05, 0.1) is 27.5 Å². The zero-order valence-corrected chi connectivity index (χ0v) is 21.6. The van der Waals surface area contributed by atoms with E-state index in [4.69, 9.17) is 4.74 Å². The van der Waals surface area contributed by atoms with Crippen molar-refractivity contribution in [2.24, 2.45) is 0 Å². The second-order valence-corrected chi connectivity index (χ2v) is 12.3. The van der Waals surface area contributed by atoms with Crippen LogP contribution in [-0.4, -0.2) is 49.1 Å². The summed E-state index contributed by atoms with van der Waals surface area (Å²) in [5.41, 5.74) is 1.45. The van der Waals surface area contributed by atoms with Gasteiger partial charge in [0.2, 0.25) is 15.9 Å². The molecule has 0 radical (unpaired) electrons. The minimum atomic E-state index is -3.48. The molecule has 4 rings (SSSR count). The van der Waals surface area contributed by atoms with Gasteiger partial charge in [-0.05, 0) is 61.7 Å². The number of thioether (sulfide) groups is 1. The number of anilines is 1. The summed E-state index contributed by atoms with van der Waals surface area (Å²) in [7, 11) is -3.48. The first-order valence-corrected chi connectivity index (χ1v) is 14.8. The standard InChI is InChI=1S/C24H29N3O4S3/c1-2-3-15-31-19-9-7-18(8-10-19)25-23(28)17-32-24-26-21-12-11-20(16-22(21)33-24)34(29,30)27-13-5-4-6-14-27/h7-12,16H,2-6,13-15,17H2,1H3,(H,25,28). The molecule has 0 saturated carbocycles. The lowest BCUT2D eigenvalue weighted by Crippen LogP contribution is -2.35. The molecule has 0 spiro atoms. The van der Waals surface area contributed by atoms with E-state index >= 15 is 0 Å². The van der Waals surface area contributed by atoms with Crippen LogP contribution in [-0.2, 0) is 14.8 Å². The molecule has 0 unspecified atom stereocenters. The van der Waals surface area contributed by atoms with Gasteiger partial charge < -0.3 is 10.1 Å². The number of hydrogen-bond acceptors (Lipinski definition) is 7. The van der Waals surface area contributed by atoms with Crippen LogP contribution in [0.1, 0.15) is 39.0 Å². The molecular weight excluding hydrogens is 490 g/mol. The number of hydrogen-bond donors (Lipinski definition) is 1. The molecule has 2 heterocycles. The average molecular weight is 520 g/mol. The zero-order chi connectivity index (χ0) is 24.0. The van der Waals surface area contributed by atoms with E-state index in [1.807, 2.05) is 24.3 Å². The maximum Gasteiger partial charge on any atom is 0.243 e. The number of nitrogens with zero attached hydrogens (tertiary/aromatic N) is 2. The van der Waals surface area contributed by atoms with Gasteiger partial charge in [-0.1, -0.05) is 31.5 Å². The van der Waals surface area contributed by atoms with Gasteiger partial charge >= 0.3 is 0 Å². The number of unbranched alkanes of at least 4 members (excludes halogenated alkanes) is 1. The number of fused-ring (bicyclic) bond motifs is 1. The highest BCUT2D eigenvalue weighted by Gasteiger charge is 2.26. The Morgan fingerprint density at radius 2 is 1.91 bits per heavy atom. The highest BCUT2D eigenvalue weighted by molar-refractivity contribution is 8.01. The van der Waals surface area contributed by atoms with E-state index in [2.05, 4.69) is 17.2 Å². The Balaban J connectivity index is 1.34. The van der Waals surface area contributed by atoms with Crippen LogP contribution >= 0.6 is 23.1 Å². The van der Waals surface area contributed by atoms with Crippen LogP contribution in [0.5, 0.6) is 5.75 Å². The maximum atomic E-state index is 13.0. The number of carbonyl (C=O) groups is 1. The fraction of sp³-hybridized carbons (Fsp3) is 0.417. The minimum absolute atomic E-state index is 0.128. The number of aromatic nitrogens is 1. The molecule has 0 atom stereocenters. The van der Waals surface area contributed by atoms with Crippen molar-refractivity contribution in [3.8, 4) is 5.75 Å². The summed E-state index contributed by atoms with van der Waals surface area (Å²) >= 11 is 2.75. The van der Waals surface area contributed by atoms with Gasteiger partial charge in [0, 0.05) is 18.8 Å². The van der Waals surface area contributed by atoms with Gasteiger partial charge in [0.25, 0.3) is 0 Å². The average Bonchev–Trinajstić information content (AvgIpc) is 3.27. The molecule has 182 valence electrons. The molecule has 0 aliphatic carbocycles. The summed E-state index contributed by atoms with van der Waals surface area (Å²) in [6.07, 6.45) is 4.98. The predicted octanol–water partition coefficient (Wildman–Crippen LogP) is 5.38. The van der Waals surface area contributed by atoms with E-state index in [-0.39, 0.29) is 11.7 Å². The fourth-order valence-electron chi connectivity index (χ4n) is 3.65. The van der Waals surface area contributed by atoms with Gasteiger partial charge in [-0.3, -0.25) is 4.79 Å². The Morgan fingerprint density at radius 1 is 1.15 bits per heavy atom. The van der Waals surface area contributed by atoms with Gasteiger partial charge in [-0.15, -0.1) is 11.3 Å². The number of sulfonamides is 1. The smallest absolute Gasteiger partial charge is 0.243 e. The van der Waals surface area contributed by atoms with Crippen molar-refractivity contribution in [1.29, 1.82) is 0 Å². The third-order valence-electron chi connectivity index (χ3n) is 5.52. The van der Waals surface area contributed by atoms with E-state index < -0.39 is 10.0 Å². The topological polar surface area (TPSA) is 88.6 Å². The lowest BCUT2D eigenvalue weighted by molar-refractivity contribution is -0.113. The highest BCUT2D eigenvalue weighted by Crippen LogP contribution is 2.32. The van der Waals surface area contributed by atoms with Gasteiger partial charge in [0.15, 0.2) is 4.34 Å². The van der Waals surface area contributed by atoms with E-state index in [0.717, 1.165) is 52.4 Å². The third-order valence-corrected chi connectivity index (χ3v) is 9.58. The molecule has 1 aliphatic heterocycles. The Morgan fingerprint density at radius 3 is 2.65 bits per heavy atom. The molecule has 1 amide bonds.